The number of likely N-dealkylation sites (tertiary alicyclic amines) is 1. The lowest BCUT2D eigenvalue weighted by atomic mass is 9.71. The largest absolute Gasteiger partial charge is 0.390 e. The Hall–Kier alpha value is -1.92. The molecular formula is C20H28N2O4. The van der Waals surface area contributed by atoms with E-state index in [0.29, 0.717) is 31.8 Å². The van der Waals surface area contributed by atoms with Crippen LogP contribution in [0.3, 0.4) is 0 Å². The van der Waals surface area contributed by atoms with Crippen LogP contribution < -0.4 is 5.48 Å². The molecule has 1 saturated heterocycles. The van der Waals surface area contributed by atoms with Crippen molar-refractivity contribution < 1.29 is 19.9 Å². The van der Waals surface area contributed by atoms with E-state index in [1.54, 1.807) is 12.4 Å². The Bertz CT molecular complexity index is 638. The number of nitrogens with one attached hydrogen (secondary N) is 1. The maximum Gasteiger partial charge on any atom is 0.247 e. The summed E-state index contributed by atoms with van der Waals surface area (Å²) in [6.07, 6.45) is 2.96. The van der Waals surface area contributed by atoms with Crippen molar-refractivity contribution in [1.82, 2.24) is 10.4 Å². The van der Waals surface area contributed by atoms with Crippen LogP contribution in [0.5, 0.6) is 0 Å². The molecule has 0 radical (unpaired) electrons. The third-order valence-corrected chi connectivity index (χ3v) is 5.98. The maximum absolute atomic E-state index is 13.0. The summed E-state index contributed by atoms with van der Waals surface area (Å²) in [4.78, 5) is 26.9. The number of aliphatic hydroxyl groups is 1. The molecule has 1 aromatic rings. The first-order chi connectivity index (χ1) is 12.4. The summed E-state index contributed by atoms with van der Waals surface area (Å²) in [5.41, 5.74) is 2.00. The second kappa shape index (κ2) is 7.76. The highest BCUT2D eigenvalue weighted by molar-refractivity contribution is 5.87. The van der Waals surface area contributed by atoms with Gasteiger partial charge in [-0.3, -0.25) is 14.8 Å². The minimum absolute atomic E-state index is 0.0272. The molecule has 2 aliphatic rings. The Kier molecular flexibility index (Phi) is 5.63. The molecule has 0 spiro atoms. The normalized spacial score (nSPS) is 30.0. The topological polar surface area (TPSA) is 89.9 Å². The Morgan fingerprint density at radius 1 is 1.12 bits per heavy atom. The van der Waals surface area contributed by atoms with E-state index in [1.165, 1.54) is 5.56 Å². The van der Waals surface area contributed by atoms with Crippen LogP contribution in [-0.4, -0.2) is 45.7 Å². The van der Waals surface area contributed by atoms with Gasteiger partial charge < -0.3 is 10.0 Å². The molecule has 6 nitrogen and oxygen atoms in total. The molecule has 1 saturated carbocycles. The zero-order valence-electron chi connectivity index (χ0n) is 15.2. The van der Waals surface area contributed by atoms with Crippen LogP contribution >= 0.6 is 0 Å². The average Bonchev–Trinajstić information content (AvgIpc) is 2.67. The van der Waals surface area contributed by atoms with Crippen LogP contribution in [0.2, 0.25) is 0 Å². The predicted molar refractivity (Wildman–Crippen MR) is 96.4 cm³/mol. The average molecular weight is 360 g/mol. The Labute approximate surface area is 154 Å². The van der Waals surface area contributed by atoms with Crippen LogP contribution in [-0.2, 0) is 9.59 Å². The van der Waals surface area contributed by atoms with Crippen LogP contribution in [0, 0.1) is 11.8 Å². The van der Waals surface area contributed by atoms with E-state index in [4.69, 9.17) is 5.21 Å². The number of rotatable bonds is 3. The molecule has 1 heterocycles. The van der Waals surface area contributed by atoms with E-state index in [9.17, 15) is 14.7 Å². The number of piperidine rings is 1. The van der Waals surface area contributed by atoms with Gasteiger partial charge in [-0.05, 0) is 50.5 Å². The van der Waals surface area contributed by atoms with E-state index in [-0.39, 0.29) is 12.3 Å². The summed E-state index contributed by atoms with van der Waals surface area (Å²) in [5, 5.41) is 19.3. The number of nitrogens with zero attached hydrogens (tertiary/aromatic N) is 1. The molecule has 0 aromatic heterocycles. The molecule has 1 aliphatic heterocycles. The number of benzene rings is 1. The molecule has 1 aromatic carbocycles. The van der Waals surface area contributed by atoms with Gasteiger partial charge in [0.1, 0.15) is 0 Å². The third-order valence-electron chi connectivity index (χ3n) is 5.98. The van der Waals surface area contributed by atoms with E-state index < -0.39 is 23.3 Å². The lowest BCUT2D eigenvalue weighted by molar-refractivity contribution is -0.152. The highest BCUT2D eigenvalue weighted by Crippen LogP contribution is 2.38. The Morgan fingerprint density at radius 3 is 2.38 bits per heavy atom. The van der Waals surface area contributed by atoms with Crippen molar-refractivity contribution in [1.29, 1.82) is 0 Å². The van der Waals surface area contributed by atoms with Gasteiger partial charge in [0, 0.05) is 13.1 Å². The SMILES string of the molecule is C[C@@]1(O)CC[C@H](C(=O)N2CCC(c3ccccc3)CC2)[C@@H](C(=O)NO)C1. The molecular weight excluding hydrogens is 332 g/mol. The molecule has 2 amide bonds. The van der Waals surface area contributed by atoms with Crippen LogP contribution in [0.15, 0.2) is 30.3 Å². The van der Waals surface area contributed by atoms with Crippen molar-refractivity contribution in [3.8, 4) is 0 Å². The molecule has 3 atom stereocenters. The number of amides is 2. The van der Waals surface area contributed by atoms with Crippen molar-refractivity contribution in [2.75, 3.05) is 13.1 Å². The first-order valence-corrected chi connectivity index (χ1v) is 9.41. The van der Waals surface area contributed by atoms with Gasteiger partial charge >= 0.3 is 0 Å². The summed E-state index contributed by atoms with van der Waals surface area (Å²) >= 11 is 0. The number of hydroxylamine groups is 1. The maximum atomic E-state index is 13.0. The van der Waals surface area contributed by atoms with Gasteiger partial charge in [-0.25, -0.2) is 5.48 Å². The fourth-order valence-corrected chi connectivity index (χ4v) is 4.43. The van der Waals surface area contributed by atoms with Crippen molar-refractivity contribution in [2.45, 2.75) is 50.5 Å². The van der Waals surface area contributed by atoms with Crippen LogP contribution in [0.1, 0.15) is 50.5 Å². The van der Waals surface area contributed by atoms with Crippen molar-refractivity contribution in [3.63, 3.8) is 0 Å². The monoisotopic (exact) mass is 360 g/mol. The number of carbonyl (C=O) groups is 2. The highest BCUT2D eigenvalue weighted by atomic mass is 16.5. The second-order valence-corrected chi connectivity index (χ2v) is 7.94. The van der Waals surface area contributed by atoms with Gasteiger partial charge in [-0.2, -0.15) is 0 Å². The Morgan fingerprint density at radius 2 is 1.77 bits per heavy atom. The van der Waals surface area contributed by atoms with Crippen LogP contribution in [0.25, 0.3) is 0 Å². The first kappa shape index (κ1) is 18.9. The standard InChI is InChI=1S/C20H28N2O4/c1-20(25)10-7-16(17(13-20)18(23)21-26)19(24)22-11-8-15(9-12-22)14-5-3-2-4-6-14/h2-6,15-17,25-26H,7-13H2,1H3,(H,21,23)/t16-,17-,20+/m0/s1. The summed E-state index contributed by atoms with van der Waals surface area (Å²) in [5.74, 6) is -1.31. The summed E-state index contributed by atoms with van der Waals surface area (Å²) in [6.45, 7) is 3.04. The first-order valence-electron chi connectivity index (χ1n) is 9.41. The summed E-state index contributed by atoms with van der Waals surface area (Å²) < 4.78 is 0. The van der Waals surface area contributed by atoms with Crippen molar-refractivity contribution in [2.24, 2.45) is 11.8 Å². The highest BCUT2D eigenvalue weighted by Gasteiger charge is 2.44. The van der Waals surface area contributed by atoms with Crippen molar-refractivity contribution >= 4 is 11.8 Å². The van der Waals surface area contributed by atoms with Gasteiger partial charge in [0.15, 0.2) is 0 Å². The zero-order valence-corrected chi connectivity index (χ0v) is 15.2. The lowest BCUT2D eigenvalue weighted by Gasteiger charge is -2.41. The number of carbonyl (C=O) groups excluding carboxylic acids is 2. The minimum Gasteiger partial charge on any atom is -0.390 e. The van der Waals surface area contributed by atoms with Gasteiger partial charge in [0.2, 0.25) is 11.8 Å². The summed E-state index contributed by atoms with van der Waals surface area (Å²) in [6, 6.07) is 10.4. The predicted octanol–water partition coefficient (Wildman–Crippen LogP) is 2.07. The smallest absolute Gasteiger partial charge is 0.247 e. The molecule has 6 heteroatoms. The quantitative estimate of drug-likeness (QED) is 0.569. The van der Waals surface area contributed by atoms with Crippen molar-refractivity contribution in [3.05, 3.63) is 35.9 Å². The molecule has 1 aliphatic carbocycles. The third kappa shape index (κ3) is 4.07. The molecule has 3 N–H and O–H groups in total. The lowest BCUT2D eigenvalue weighted by Crippen LogP contribution is -2.51. The number of hydrogen-bond donors (Lipinski definition) is 3. The molecule has 0 bridgehead atoms. The van der Waals surface area contributed by atoms with E-state index >= 15 is 0 Å². The molecule has 2 fully saturated rings. The minimum atomic E-state index is -0.978. The van der Waals surface area contributed by atoms with E-state index in [0.717, 1.165) is 12.8 Å². The fraction of sp³-hybridized carbons (Fsp3) is 0.600. The van der Waals surface area contributed by atoms with Gasteiger partial charge in [-0.1, -0.05) is 30.3 Å². The fourth-order valence-electron chi connectivity index (χ4n) is 4.43. The van der Waals surface area contributed by atoms with Crippen LogP contribution in [0.4, 0.5) is 0 Å². The molecule has 3 rings (SSSR count). The van der Waals surface area contributed by atoms with Gasteiger partial charge in [-0.15, -0.1) is 0 Å². The number of hydrogen-bond acceptors (Lipinski definition) is 4. The van der Waals surface area contributed by atoms with Gasteiger partial charge in [0.25, 0.3) is 0 Å². The second-order valence-electron chi connectivity index (χ2n) is 7.94. The zero-order chi connectivity index (χ0) is 18.7. The van der Waals surface area contributed by atoms with E-state index in [1.807, 2.05) is 23.1 Å². The molecule has 142 valence electrons. The molecule has 26 heavy (non-hydrogen) atoms. The summed E-state index contributed by atoms with van der Waals surface area (Å²) in [7, 11) is 0. The molecule has 0 unspecified atom stereocenters. The van der Waals surface area contributed by atoms with Gasteiger partial charge in [0.05, 0.1) is 17.4 Å². The Balaban J connectivity index is 1.64. The van der Waals surface area contributed by atoms with E-state index in [2.05, 4.69) is 12.1 Å².